The van der Waals surface area contributed by atoms with Gasteiger partial charge in [0.05, 0.1) is 5.69 Å². The summed E-state index contributed by atoms with van der Waals surface area (Å²) in [6, 6.07) is 5.63. The van der Waals surface area contributed by atoms with Gasteiger partial charge in [0.2, 0.25) is 11.8 Å². The number of imide groups is 1. The number of hydrogen-bond acceptors (Lipinski definition) is 4. The Morgan fingerprint density at radius 3 is 2.37 bits per heavy atom. The maximum atomic E-state index is 12.3. The summed E-state index contributed by atoms with van der Waals surface area (Å²) in [4.78, 5) is 36.7. The zero-order valence-electron chi connectivity index (χ0n) is 11.1. The van der Waals surface area contributed by atoms with Crippen LogP contribution in [0, 0.1) is 13.8 Å². The minimum absolute atomic E-state index is 0.0941. The monoisotopic (exact) mass is 277 g/mol. The van der Waals surface area contributed by atoms with Crippen molar-refractivity contribution in [2.24, 2.45) is 0 Å². The fourth-order valence-electron chi connectivity index (χ4n) is 2.29. The lowest BCUT2D eigenvalue weighted by Crippen LogP contribution is -2.32. The maximum Gasteiger partial charge on any atom is 0.247 e. The zero-order chi connectivity index (χ0) is 14.2. The van der Waals surface area contributed by atoms with Crippen LogP contribution in [0.25, 0.3) is 0 Å². The molecule has 0 aromatic heterocycles. The van der Waals surface area contributed by atoms with Gasteiger partial charge in [-0.3, -0.25) is 14.4 Å². The van der Waals surface area contributed by atoms with E-state index < -0.39 is 5.25 Å². The van der Waals surface area contributed by atoms with Gasteiger partial charge in [0.15, 0.2) is 5.12 Å². The lowest BCUT2D eigenvalue weighted by Gasteiger charge is -2.19. The summed E-state index contributed by atoms with van der Waals surface area (Å²) in [6.45, 7) is 5.15. The highest BCUT2D eigenvalue weighted by molar-refractivity contribution is 8.14. The third-order valence-electron chi connectivity index (χ3n) is 3.08. The molecule has 2 rings (SSSR count). The second-order valence-electron chi connectivity index (χ2n) is 4.61. The van der Waals surface area contributed by atoms with Crippen molar-refractivity contribution in [3.05, 3.63) is 29.3 Å². The Labute approximate surface area is 116 Å². The molecule has 0 N–H and O–H groups in total. The summed E-state index contributed by atoms with van der Waals surface area (Å²) in [7, 11) is 0. The second kappa shape index (κ2) is 5.17. The number of carbonyl (C=O) groups is 3. The summed E-state index contributed by atoms with van der Waals surface area (Å²) in [6.07, 6.45) is 0.0941. The van der Waals surface area contributed by atoms with Gasteiger partial charge in [-0.15, -0.1) is 0 Å². The predicted molar refractivity (Wildman–Crippen MR) is 75.1 cm³/mol. The molecule has 1 aliphatic heterocycles. The van der Waals surface area contributed by atoms with Gasteiger partial charge in [-0.05, 0) is 25.0 Å². The number of nitrogens with zero attached hydrogens (tertiary/aromatic N) is 1. The summed E-state index contributed by atoms with van der Waals surface area (Å²) in [5, 5.41) is -0.724. The third kappa shape index (κ3) is 2.56. The van der Waals surface area contributed by atoms with Crippen LogP contribution in [0.15, 0.2) is 18.2 Å². The molecule has 0 unspecified atom stereocenters. The summed E-state index contributed by atoms with van der Waals surface area (Å²) in [5.41, 5.74) is 2.43. The van der Waals surface area contributed by atoms with Crippen LogP contribution in [0.1, 0.15) is 24.5 Å². The highest BCUT2D eigenvalue weighted by Crippen LogP contribution is 2.33. The minimum Gasteiger partial charge on any atom is -0.288 e. The number of amides is 2. The Morgan fingerprint density at radius 1 is 1.26 bits per heavy atom. The molecule has 0 bridgehead atoms. The van der Waals surface area contributed by atoms with Crippen molar-refractivity contribution in [1.82, 2.24) is 0 Å². The van der Waals surface area contributed by atoms with E-state index in [2.05, 4.69) is 0 Å². The number of aryl methyl sites for hydroxylation is 2. The molecule has 0 radical (unpaired) electrons. The van der Waals surface area contributed by atoms with E-state index in [-0.39, 0.29) is 23.4 Å². The van der Waals surface area contributed by atoms with E-state index in [1.54, 1.807) is 0 Å². The lowest BCUT2D eigenvalue weighted by atomic mass is 10.1. The Morgan fingerprint density at radius 2 is 1.84 bits per heavy atom. The molecular weight excluding hydrogens is 262 g/mol. The normalized spacial score (nSPS) is 19.1. The smallest absolute Gasteiger partial charge is 0.247 e. The predicted octanol–water partition coefficient (Wildman–Crippen LogP) is 2.22. The summed E-state index contributed by atoms with van der Waals surface area (Å²) in [5.74, 6) is -0.524. The van der Waals surface area contributed by atoms with Gasteiger partial charge in [0.25, 0.3) is 0 Å². The van der Waals surface area contributed by atoms with E-state index in [1.807, 2.05) is 32.0 Å². The van der Waals surface area contributed by atoms with Gasteiger partial charge in [-0.1, -0.05) is 30.0 Å². The molecular formula is C14H15NO3S. The van der Waals surface area contributed by atoms with E-state index in [0.29, 0.717) is 5.69 Å². The molecule has 1 aromatic carbocycles. The fraction of sp³-hybridized carbons (Fsp3) is 0.357. The van der Waals surface area contributed by atoms with E-state index >= 15 is 0 Å². The molecule has 0 spiro atoms. The van der Waals surface area contributed by atoms with Crippen LogP contribution >= 0.6 is 11.8 Å². The minimum atomic E-state index is -0.580. The molecule has 100 valence electrons. The standard InChI is InChI=1S/C14H15NO3S/c1-8-5-4-6-9(2)13(8)15-12(17)7-11(14(15)18)19-10(3)16/h4-6,11H,7H2,1-3H3/t11-/m1/s1. The second-order valence-corrected chi connectivity index (χ2v) is 5.99. The number of carbonyl (C=O) groups excluding carboxylic acids is 3. The topological polar surface area (TPSA) is 54.5 Å². The van der Waals surface area contributed by atoms with Crippen LogP contribution in [-0.4, -0.2) is 22.2 Å². The Bertz CT molecular complexity index is 548. The van der Waals surface area contributed by atoms with Gasteiger partial charge in [-0.25, -0.2) is 4.90 Å². The highest BCUT2D eigenvalue weighted by atomic mass is 32.2. The van der Waals surface area contributed by atoms with E-state index in [1.165, 1.54) is 11.8 Å². The van der Waals surface area contributed by atoms with Crippen molar-refractivity contribution in [1.29, 1.82) is 0 Å². The number of anilines is 1. The SMILES string of the molecule is CC(=O)S[C@@H]1CC(=O)N(c2c(C)cccc2C)C1=O. The third-order valence-corrected chi connectivity index (χ3v) is 4.06. The number of hydrogen-bond donors (Lipinski definition) is 0. The average Bonchev–Trinajstić information content (AvgIpc) is 2.55. The molecule has 1 saturated heterocycles. The fourth-order valence-corrected chi connectivity index (χ4v) is 3.12. The van der Waals surface area contributed by atoms with Crippen molar-refractivity contribution < 1.29 is 14.4 Å². The number of thioether (sulfide) groups is 1. The van der Waals surface area contributed by atoms with Crippen molar-refractivity contribution in [2.45, 2.75) is 32.4 Å². The van der Waals surface area contributed by atoms with Crippen molar-refractivity contribution in [2.75, 3.05) is 4.90 Å². The molecule has 4 nitrogen and oxygen atoms in total. The highest BCUT2D eigenvalue weighted by Gasteiger charge is 2.41. The van der Waals surface area contributed by atoms with Crippen molar-refractivity contribution >= 4 is 34.4 Å². The largest absolute Gasteiger partial charge is 0.288 e. The van der Waals surface area contributed by atoms with Crippen LogP contribution in [0.4, 0.5) is 5.69 Å². The first-order valence-corrected chi connectivity index (χ1v) is 6.90. The molecule has 5 heteroatoms. The zero-order valence-corrected chi connectivity index (χ0v) is 11.9. The molecule has 0 saturated carbocycles. The Balaban J connectivity index is 2.38. The van der Waals surface area contributed by atoms with Crippen LogP contribution in [0.3, 0.4) is 0 Å². The lowest BCUT2D eigenvalue weighted by molar-refractivity contribution is -0.121. The van der Waals surface area contributed by atoms with E-state index in [4.69, 9.17) is 0 Å². The van der Waals surface area contributed by atoms with Gasteiger partial charge in [0, 0.05) is 13.3 Å². The van der Waals surface area contributed by atoms with Crippen LogP contribution in [-0.2, 0) is 14.4 Å². The number of benzene rings is 1. The van der Waals surface area contributed by atoms with E-state index in [0.717, 1.165) is 22.9 Å². The van der Waals surface area contributed by atoms with Gasteiger partial charge in [0.1, 0.15) is 5.25 Å². The first-order chi connectivity index (χ1) is 8.91. The maximum absolute atomic E-state index is 12.3. The van der Waals surface area contributed by atoms with Crippen LogP contribution < -0.4 is 4.90 Å². The van der Waals surface area contributed by atoms with Gasteiger partial charge >= 0.3 is 0 Å². The van der Waals surface area contributed by atoms with Gasteiger partial charge < -0.3 is 0 Å². The summed E-state index contributed by atoms with van der Waals surface area (Å²) >= 11 is 0.933. The van der Waals surface area contributed by atoms with Crippen LogP contribution in [0.5, 0.6) is 0 Å². The van der Waals surface area contributed by atoms with E-state index in [9.17, 15) is 14.4 Å². The number of para-hydroxylation sites is 1. The molecule has 1 fully saturated rings. The molecule has 1 atom stereocenters. The molecule has 1 heterocycles. The molecule has 0 aliphatic carbocycles. The molecule has 1 aromatic rings. The Hall–Kier alpha value is -1.62. The van der Waals surface area contributed by atoms with Crippen molar-refractivity contribution in [3.63, 3.8) is 0 Å². The molecule has 2 amide bonds. The molecule has 1 aliphatic rings. The quantitative estimate of drug-likeness (QED) is 0.778. The van der Waals surface area contributed by atoms with Crippen molar-refractivity contribution in [3.8, 4) is 0 Å². The number of rotatable bonds is 2. The Kier molecular flexibility index (Phi) is 3.75. The van der Waals surface area contributed by atoms with Crippen LogP contribution in [0.2, 0.25) is 0 Å². The average molecular weight is 277 g/mol. The summed E-state index contributed by atoms with van der Waals surface area (Å²) < 4.78 is 0. The molecule has 19 heavy (non-hydrogen) atoms. The first kappa shape index (κ1) is 13.8. The van der Waals surface area contributed by atoms with Gasteiger partial charge in [-0.2, -0.15) is 0 Å². The first-order valence-electron chi connectivity index (χ1n) is 6.02.